The molecule has 5 heteroatoms. The number of aromatic nitrogens is 2. The molecule has 0 saturated carbocycles. The highest BCUT2D eigenvalue weighted by molar-refractivity contribution is 7.03. The second-order valence-electron chi connectivity index (χ2n) is 2.64. The van der Waals surface area contributed by atoms with Crippen LogP contribution in [0.4, 0.5) is 0 Å². The molecule has 1 heterocycles. The summed E-state index contributed by atoms with van der Waals surface area (Å²) in [7, 11) is 0. The molecule has 0 aliphatic heterocycles. The van der Waals surface area contributed by atoms with Gasteiger partial charge in [0.25, 0.3) is 0 Å². The van der Waals surface area contributed by atoms with Crippen molar-refractivity contribution in [1.29, 1.82) is 0 Å². The highest BCUT2D eigenvalue weighted by Gasteiger charge is 1.98. The Balaban J connectivity index is 1.98. The zero-order valence-electron chi connectivity index (χ0n) is 7.18. The predicted molar refractivity (Wildman–Crippen MR) is 55.7 cm³/mol. The van der Waals surface area contributed by atoms with E-state index in [9.17, 15) is 0 Å². The van der Waals surface area contributed by atoms with Crippen molar-refractivity contribution in [2.75, 3.05) is 0 Å². The van der Waals surface area contributed by atoms with Crippen molar-refractivity contribution in [3.8, 4) is 5.75 Å². The first kappa shape index (κ1) is 9.43. The normalized spacial score (nSPS) is 10.1. The van der Waals surface area contributed by atoms with Gasteiger partial charge >= 0.3 is 0 Å². The Kier molecular flexibility index (Phi) is 2.96. The van der Waals surface area contributed by atoms with E-state index in [-0.39, 0.29) is 0 Å². The van der Waals surface area contributed by atoms with Crippen molar-refractivity contribution in [3.63, 3.8) is 0 Å². The fourth-order valence-electron chi connectivity index (χ4n) is 0.961. The summed E-state index contributed by atoms with van der Waals surface area (Å²) in [5.74, 6) is 0.741. The van der Waals surface area contributed by atoms with Gasteiger partial charge in [-0.2, -0.15) is 0 Å². The molecule has 0 spiro atoms. The van der Waals surface area contributed by atoms with E-state index in [0.29, 0.717) is 11.6 Å². The van der Waals surface area contributed by atoms with Gasteiger partial charge in [0.15, 0.2) is 0 Å². The first-order chi connectivity index (χ1) is 6.84. The number of ether oxygens (including phenoxy) is 1. The van der Waals surface area contributed by atoms with E-state index >= 15 is 0 Å². The second-order valence-corrected chi connectivity index (χ2v) is 3.69. The summed E-state index contributed by atoms with van der Waals surface area (Å²) in [4.78, 5) is 0. The molecule has 0 saturated heterocycles. The third-order valence-electron chi connectivity index (χ3n) is 1.59. The zero-order chi connectivity index (χ0) is 9.80. The Morgan fingerprint density at radius 1 is 1.43 bits per heavy atom. The summed E-state index contributed by atoms with van der Waals surface area (Å²) in [5, 5.41) is 6.38. The molecule has 0 unspecified atom stereocenters. The molecule has 3 nitrogen and oxygen atoms in total. The minimum absolute atomic E-state index is 0.427. The Morgan fingerprint density at radius 3 is 3.07 bits per heavy atom. The van der Waals surface area contributed by atoms with E-state index in [1.807, 2.05) is 17.5 Å². The lowest BCUT2D eigenvalue weighted by molar-refractivity contribution is 0.301. The molecule has 14 heavy (non-hydrogen) atoms. The van der Waals surface area contributed by atoms with Crippen LogP contribution in [0.2, 0.25) is 5.02 Å². The van der Waals surface area contributed by atoms with Gasteiger partial charge < -0.3 is 4.74 Å². The summed E-state index contributed by atoms with van der Waals surface area (Å²) in [6, 6.07) is 7.27. The topological polar surface area (TPSA) is 35.0 Å². The molecular formula is C9H7ClN2OS. The van der Waals surface area contributed by atoms with Gasteiger partial charge in [0.2, 0.25) is 0 Å². The number of halogens is 1. The first-order valence-electron chi connectivity index (χ1n) is 3.99. The van der Waals surface area contributed by atoms with Crippen LogP contribution in [0, 0.1) is 0 Å². The van der Waals surface area contributed by atoms with Gasteiger partial charge in [-0.3, -0.25) is 0 Å². The maximum absolute atomic E-state index is 5.80. The molecule has 1 aromatic heterocycles. The van der Waals surface area contributed by atoms with Gasteiger partial charge in [-0.15, -0.1) is 5.10 Å². The number of rotatable bonds is 3. The number of hydrogen-bond acceptors (Lipinski definition) is 4. The van der Waals surface area contributed by atoms with Crippen molar-refractivity contribution in [2.45, 2.75) is 6.61 Å². The first-order valence-corrected chi connectivity index (χ1v) is 5.20. The molecule has 0 radical (unpaired) electrons. The van der Waals surface area contributed by atoms with Crippen molar-refractivity contribution in [2.24, 2.45) is 0 Å². The van der Waals surface area contributed by atoms with Crippen molar-refractivity contribution in [3.05, 3.63) is 40.4 Å². The number of benzene rings is 1. The average molecular weight is 227 g/mol. The van der Waals surface area contributed by atoms with Crippen molar-refractivity contribution < 1.29 is 4.74 Å². The molecule has 0 amide bonds. The summed E-state index contributed by atoms with van der Waals surface area (Å²) in [6.45, 7) is 0.427. The summed E-state index contributed by atoms with van der Waals surface area (Å²) >= 11 is 7.11. The second kappa shape index (κ2) is 4.39. The maximum atomic E-state index is 5.80. The third-order valence-corrected chi connectivity index (χ3v) is 2.38. The fourth-order valence-corrected chi connectivity index (χ4v) is 1.58. The minimum Gasteiger partial charge on any atom is -0.487 e. The fraction of sp³-hybridized carbons (Fsp3) is 0.111. The molecule has 0 bridgehead atoms. The van der Waals surface area contributed by atoms with E-state index in [1.165, 1.54) is 11.5 Å². The van der Waals surface area contributed by atoms with Crippen LogP contribution in [-0.2, 0) is 6.61 Å². The van der Waals surface area contributed by atoms with Gasteiger partial charge in [-0.1, -0.05) is 22.2 Å². The lowest BCUT2D eigenvalue weighted by Crippen LogP contribution is -1.95. The maximum Gasteiger partial charge on any atom is 0.133 e. The molecule has 0 atom stereocenters. The third kappa shape index (κ3) is 2.43. The molecule has 1 aromatic carbocycles. The lowest BCUT2D eigenvalue weighted by atomic mass is 10.3. The van der Waals surface area contributed by atoms with E-state index in [2.05, 4.69) is 9.59 Å². The van der Waals surface area contributed by atoms with Crippen LogP contribution in [0.25, 0.3) is 0 Å². The minimum atomic E-state index is 0.427. The van der Waals surface area contributed by atoms with Gasteiger partial charge in [0, 0.05) is 10.4 Å². The van der Waals surface area contributed by atoms with Crippen LogP contribution < -0.4 is 4.74 Å². The van der Waals surface area contributed by atoms with Gasteiger partial charge in [0.1, 0.15) is 18.1 Å². The molecule has 0 aliphatic carbocycles. The smallest absolute Gasteiger partial charge is 0.133 e. The van der Waals surface area contributed by atoms with E-state index in [0.717, 1.165) is 11.4 Å². The van der Waals surface area contributed by atoms with Gasteiger partial charge in [-0.05, 0) is 29.7 Å². The van der Waals surface area contributed by atoms with Crippen LogP contribution in [0.1, 0.15) is 5.69 Å². The van der Waals surface area contributed by atoms with Crippen molar-refractivity contribution >= 4 is 23.1 Å². The Bertz CT molecular complexity index is 405. The molecule has 72 valence electrons. The Labute approximate surface area is 90.5 Å². The molecular weight excluding hydrogens is 220 g/mol. The highest BCUT2D eigenvalue weighted by atomic mass is 35.5. The summed E-state index contributed by atoms with van der Waals surface area (Å²) in [6.07, 6.45) is 0. The SMILES string of the molecule is Clc1cccc(OCc2csnn2)c1. The largest absolute Gasteiger partial charge is 0.487 e. The summed E-state index contributed by atoms with van der Waals surface area (Å²) < 4.78 is 9.19. The van der Waals surface area contributed by atoms with Gasteiger partial charge in [0.05, 0.1) is 0 Å². The van der Waals surface area contributed by atoms with Crippen LogP contribution in [0.15, 0.2) is 29.6 Å². The lowest BCUT2D eigenvalue weighted by Gasteiger charge is -2.03. The van der Waals surface area contributed by atoms with Crippen LogP contribution in [0.3, 0.4) is 0 Å². The van der Waals surface area contributed by atoms with Gasteiger partial charge in [-0.25, -0.2) is 0 Å². The molecule has 2 aromatic rings. The number of nitrogens with zero attached hydrogens (tertiary/aromatic N) is 2. The average Bonchev–Trinajstić information content (AvgIpc) is 2.67. The molecule has 0 aliphatic rings. The standard InChI is InChI=1S/C9H7ClN2OS/c10-7-2-1-3-9(4-7)13-5-8-6-14-12-11-8/h1-4,6H,5H2. The van der Waals surface area contributed by atoms with Crippen molar-refractivity contribution in [1.82, 2.24) is 9.59 Å². The van der Waals surface area contributed by atoms with Crippen LogP contribution in [0.5, 0.6) is 5.75 Å². The number of hydrogen-bond donors (Lipinski definition) is 0. The highest BCUT2D eigenvalue weighted by Crippen LogP contribution is 2.17. The molecule has 2 rings (SSSR count). The zero-order valence-corrected chi connectivity index (χ0v) is 8.76. The molecule has 0 fully saturated rings. The van der Waals surface area contributed by atoms with Crippen LogP contribution >= 0.6 is 23.1 Å². The molecule has 0 N–H and O–H groups in total. The Morgan fingerprint density at radius 2 is 2.36 bits per heavy atom. The van der Waals surface area contributed by atoms with Crippen LogP contribution in [-0.4, -0.2) is 9.59 Å². The monoisotopic (exact) mass is 226 g/mol. The van der Waals surface area contributed by atoms with E-state index in [1.54, 1.807) is 12.1 Å². The van der Waals surface area contributed by atoms with E-state index < -0.39 is 0 Å². The quantitative estimate of drug-likeness (QED) is 0.807. The predicted octanol–water partition coefficient (Wildman–Crippen LogP) is 2.77. The van der Waals surface area contributed by atoms with E-state index in [4.69, 9.17) is 16.3 Å². The Hall–Kier alpha value is -1.13. The summed E-state index contributed by atoms with van der Waals surface area (Å²) in [5.41, 5.74) is 0.829.